The first kappa shape index (κ1) is 17.5. The third kappa shape index (κ3) is 3.91. The molecule has 0 radical (unpaired) electrons. The zero-order chi connectivity index (χ0) is 14.7. The number of nitrogens with zero attached hydrogens (tertiary/aromatic N) is 2. The minimum absolute atomic E-state index is 0. The van der Waals surface area contributed by atoms with E-state index >= 15 is 0 Å². The highest BCUT2D eigenvalue weighted by molar-refractivity contribution is 14.0. The SMILES string of the molecule is CCNC(=NCc1ccc(F)cc1)N1CCC2(CCC2)C1.I. The minimum atomic E-state index is -0.193. The van der Waals surface area contributed by atoms with Crippen LogP contribution in [-0.4, -0.2) is 30.5 Å². The third-order valence-corrected chi connectivity index (χ3v) is 4.81. The van der Waals surface area contributed by atoms with Crippen LogP contribution >= 0.6 is 24.0 Å². The molecule has 0 aromatic heterocycles. The highest BCUT2D eigenvalue weighted by atomic mass is 127. The fourth-order valence-corrected chi connectivity index (χ4v) is 3.38. The zero-order valence-electron chi connectivity index (χ0n) is 13.1. The maximum absolute atomic E-state index is 12.9. The summed E-state index contributed by atoms with van der Waals surface area (Å²) >= 11 is 0. The van der Waals surface area contributed by atoms with Crippen molar-refractivity contribution >= 4 is 29.9 Å². The molecule has 0 bridgehead atoms. The van der Waals surface area contributed by atoms with E-state index in [2.05, 4.69) is 17.1 Å². The van der Waals surface area contributed by atoms with Gasteiger partial charge in [0.25, 0.3) is 0 Å². The summed E-state index contributed by atoms with van der Waals surface area (Å²) in [4.78, 5) is 7.12. The molecular weight excluding hydrogens is 392 g/mol. The largest absolute Gasteiger partial charge is 0.357 e. The van der Waals surface area contributed by atoms with E-state index in [1.54, 1.807) is 12.1 Å². The molecular formula is C17H25FIN3. The van der Waals surface area contributed by atoms with Crippen LogP contribution in [0.3, 0.4) is 0 Å². The number of benzene rings is 1. The molecule has 3 nitrogen and oxygen atoms in total. The normalized spacial score (nSPS) is 19.7. The predicted octanol–water partition coefficient (Wildman–Crippen LogP) is 3.79. The van der Waals surface area contributed by atoms with Gasteiger partial charge in [0.15, 0.2) is 5.96 Å². The lowest BCUT2D eigenvalue weighted by molar-refractivity contribution is 0.151. The summed E-state index contributed by atoms with van der Waals surface area (Å²) in [5, 5.41) is 3.39. The first-order valence-corrected chi connectivity index (χ1v) is 7.98. The van der Waals surface area contributed by atoms with Crippen LogP contribution < -0.4 is 5.32 Å². The molecule has 1 heterocycles. The summed E-state index contributed by atoms with van der Waals surface area (Å²) in [6.07, 6.45) is 5.44. The lowest BCUT2D eigenvalue weighted by Gasteiger charge is -2.38. The van der Waals surface area contributed by atoms with E-state index in [0.717, 1.165) is 31.2 Å². The number of aliphatic imine (C=N–C) groups is 1. The Morgan fingerprint density at radius 3 is 2.55 bits per heavy atom. The zero-order valence-corrected chi connectivity index (χ0v) is 15.5. The molecule has 2 fully saturated rings. The van der Waals surface area contributed by atoms with Crippen LogP contribution in [0.15, 0.2) is 29.3 Å². The molecule has 0 atom stereocenters. The van der Waals surface area contributed by atoms with Gasteiger partial charge in [0, 0.05) is 19.6 Å². The van der Waals surface area contributed by atoms with Crippen LogP contribution in [0.25, 0.3) is 0 Å². The van der Waals surface area contributed by atoms with Gasteiger partial charge in [0.05, 0.1) is 6.54 Å². The van der Waals surface area contributed by atoms with Crippen molar-refractivity contribution in [3.05, 3.63) is 35.6 Å². The first-order valence-electron chi connectivity index (χ1n) is 7.98. The summed E-state index contributed by atoms with van der Waals surface area (Å²) in [7, 11) is 0. The van der Waals surface area contributed by atoms with E-state index in [1.165, 1.54) is 37.8 Å². The molecule has 0 amide bonds. The minimum Gasteiger partial charge on any atom is -0.357 e. The summed E-state index contributed by atoms with van der Waals surface area (Å²) < 4.78 is 12.9. The average Bonchev–Trinajstić information content (AvgIpc) is 2.91. The van der Waals surface area contributed by atoms with Gasteiger partial charge in [-0.3, -0.25) is 0 Å². The quantitative estimate of drug-likeness (QED) is 0.461. The Balaban J connectivity index is 0.00000176. The molecule has 1 N–H and O–H groups in total. The fraction of sp³-hybridized carbons (Fsp3) is 0.588. The van der Waals surface area contributed by atoms with Gasteiger partial charge in [0.1, 0.15) is 5.82 Å². The van der Waals surface area contributed by atoms with Crippen LogP contribution in [0.2, 0.25) is 0 Å². The second-order valence-electron chi connectivity index (χ2n) is 6.32. The van der Waals surface area contributed by atoms with Crippen molar-refractivity contribution in [2.45, 2.75) is 39.2 Å². The van der Waals surface area contributed by atoms with Crippen LogP contribution in [0.4, 0.5) is 4.39 Å². The maximum atomic E-state index is 12.9. The Morgan fingerprint density at radius 2 is 2.00 bits per heavy atom. The Labute approximate surface area is 149 Å². The molecule has 1 spiro atoms. The molecule has 2 aliphatic rings. The Morgan fingerprint density at radius 1 is 1.27 bits per heavy atom. The maximum Gasteiger partial charge on any atom is 0.194 e. The van der Waals surface area contributed by atoms with Gasteiger partial charge in [0.2, 0.25) is 0 Å². The van der Waals surface area contributed by atoms with Gasteiger partial charge in [-0.1, -0.05) is 18.6 Å². The van der Waals surface area contributed by atoms with Crippen molar-refractivity contribution in [1.29, 1.82) is 0 Å². The molecule has 1 saturated heterocycles. The fourth-order valence-electron chi connectivity index (χ4n) is 3.38. The predicted molar refractivity (Wildman–Crippen MR) is 99.1 cm³/mol. The van der Waals surface area contributed by atoms with Crippen LogP contribution in [-0.2, 0) is 6.54 Å². The van der Waals surface area contributed by atoms with Gasteiger partial charge < -0.3 is 10.2 Å². The second kappa shape index (κ2) is 7.62. The second-order valence-corrected chi connectivity index (χ2v) is 6.32. The number of hydrogen-bond donors (Lipinski definition) is 1. The highest BCUT2D eigenvalue weighted by Crippen LogP contribution is 2.47. The Hall–Kier alpha value is -0.850. The molecule has 1 aromatic rings. The standard InChI is InChI=1S/C17H24FN3.HI/c1-2-19-16(20-12-14-4-6-15(18)7-5-14)21-11-10-17(13-21)8-3-9-17;/h4-7H,2-3,8-13H2,1H3,(H,19,20);1H. The van der Waals surface area contributed by atoms with Gasteiger partial charge in [-0.25, -0.2) is 9.38 Å². The highest BCUT2D eigenvalue weighted by Gasteiger charge is 2.43. The van der Waals surface area contributed by atoms with Crippen molar-refractivity contribution in [1.82, 2.24) is 10.2 Å². The van der Waals surface area contributed by atoms with Crippen LogP contribution in [0.1, 0.15) is 38.2 Å². The molecule has 1 aliphatic carbocycles. The molecule has 1 aliphatic heterocycles. The number of rotatable bonds is 3. The third-order valence-electron chi connectivity index (χ3n) is 4.81. The topological polar surface area (TPSA) is 27.6 Å². The van der Waals surface area contributed by atoms with E-state index in [1.807, 2.05) is 0 Å². The van der Waals surface area contributed by atoms with Crippen molar-refractivity contribution < 1.29 is 4.39 Å². The molecule has 0 unspecified atom stereocenters. The van der Waals surface area contributed by atoms with Crippen LogP contribution in [0, 0.1) is 11.2 Å². The van der Waals surface area contributed by atoms with E-state index in [0.29, 0.717) is 12.0 Å². The molecule has 22 heavy (non-hydrogen) atoms. The van der Waals surface area contributed by atoms with Gasteiger partial charge in [-0.05, 0) is 49.3 Å². The van der Waals surface area contributed by atoms with E-state index < -0.39 is 0 Å². The lowest BCUT2D eigenvalue weighted by Crippen LogP contribution is -2.42. The Bertz CT molecular complexity index is 511. The smallest absolute Gasteiger partial charge is 0.194 e. The van der Waals surface area contributed by atoms with Crippen LogP contribution in [0.5, 0.6) is 0 Å². The van der Waals surface area contributed by atoms with E-state index in [9.17, 15) is 4.39 Å². The average molecular weight is 417 g/mol. The van der Waals surface area contributed by atoms with Crippen molar-refractivity contribution in [3.8, 4) is 0 Å². The molecule has 5 heteroatoms. The van der Waals surface area contributed by atoms with Gasteiger partial charge >= 0.3 is 0 Å². The number of nitrogens with one attached hydrogen (secondary N) is 1. The lowest BCUT2D eigenvalue weighted by atomic mass is 9.68. The molecule has 1 saturated carbocycles. The number of guanidine groups is 1. The van der Waals surface area contributed by atoms with Crippen molar-refractivity contribution in [3.63, 3.8) is 0 Å². The molecule has 122 valence electrons. The number of likely N-dealkylation sites (tertiary alicyclic amines) is 1. The van der Waals surface area contributed by atoms with Crippen molar-refractivity contribution in [2.75, 3.05) is 19.6 Å². The van der Waals surface area contributed by atoms with Gasteiger partial charge in [-0.2, -0.15) is 0 Å². The molecule has 1 aromatic carbocycles. The number of hydrogen-bond acceptors (Lipinski definition) is 1. The summed E-state index contributed by atoms with van der Waals surface area (Å²) in [6.45, 7) is 5.83. The Kier molecular flexibility index (Phi) is 6.06. The first-order chi connectivity index (χ1) is 10.2. The van der Waals surface area contributed by atoms with E-state index in [4.69, 9.17) is 4.99 Å². The van der Waals surface area contributed by atoms with Gasteiger partial charge in [-0.15, -0.1) is 24.0 Å². The number of halogens is 2. The van der Waals surface area contributed by atoms with Crippen molar-refractivity contribution in [2.24, 2.45) is 10.4 Å². The monoisotopic (exact) mass is 417 g/mol. The molecule has 3 rings (SSSR count). The summed E-state index contributed by atoms with van der Waals surface area (Å²) in [6, 6.07) is 6.60. The summed E-state index contributed by atoms with van der Waals surface area (Å²) in [5.41, 5.74) is 1.62. The summed E-state index contributed by atoms with van der Waals surface area (Å²) in [5.74, 6) is 0.812. The van der Waals surface area contributed by atoms with E-state index in [-0.39, 0.29) is 29.8 Å².